The molecule has 0 radical (unpaired) electrons. The molecule has 5 rings (SSSR count). The van der Waals surface area contributed by atoms with Gasteiger partial charge in [-0.1, -0.05) is 18.2 Å². The van der Waals surface area contributed by atoms with Gasteiger partial charge < -0.3 is 18.9 Å². The second-order valence-corrected chi connectivity index (χ2v) is 7.89. The third kappa shape index (κ3) is 3.57. The third-order valence-electron chi connectivity index (χ3n) is 4.94. The molecular formula is C24H15BrO6. The van der Waals surface area contributed by atoms with Crippen molar-refractivity contribution in [3.63, 3.8) is 0 Å². The first kappa shape index (κ1) is 19.4. The molecule has 0 bridgehead atoms. The molecule has 2 aliphatic heterocycles. The lowest BCUT2D eigenvalue weighted by atomic mass is 10.0. The lowest BCUT2D eigenvalue weighted by Gasteiger charge is -2.08. The molecule has 0 N–H and O–H groups in total. The number of carbonyl (C=O) groups excluding carboxylic acids is 2. The quantitative estimate of drug-likeness (QED) is 0.288. The second kappa shape index (κ2) is 7.59. The van der Waals surface area contributed by atoms with Crippen molar-refractivity contribution in [3.8, 4) is 23.0 Å². The maximum Gasteiger partial charge on any atom is 0.344 e. The van der Waals surface area contributed by atoms with E-state index in [-0.39, 0.29) is 18.3 Å². The molecule has 0 aliphatic carbocycles. The Labute approximate surface area is 186 Å². The normalized spacial score (nSPS) is 15.0. The number of ketones is 1. The predicted octanol–water partition coefficient (Wildman–Crippen LogP) is 5.32. The molecule has 7 heteroatoms. The van der Waals surface area contributed by atoms with Crippen LogP contribution in [-0.2, 0) is 0 Å². The van der Waals surface area contributed by atoms with E-state index in [1.165, 1.54) is 0 Å². The van der Waals surface area contributed by atoms with Crippen molar-refractivity contribution in [2.75, 3.05) is 6.79 Å². The van der Waals surface area contributed by atoms with Crippen molar-refractivity contribution in [1.82, 2.24) is 0 Å². The molecule has 3 aromatic rings. The molecule has 2 heterocycles. The standard InChI is InChI=1S/C24H15BrO6/c1-13-8-15(30-24(27)16-4-2-3-5-17(16)25)11-20-22(13)23(26)21(31-20)10-14-6-7-18-19(9-14)29-12-28-18/h2-11H,12H2,1H3/b21-10-. The summed E-state index contributed by atoms with van der Waals surface area (Å²) >= 11 is 3.35. The van der Waals surface area contributed by atoms with Crippen LogP contribution in [0, 0.1) is 6.92 Å². The van der Waals surface area contributed by atoms with Crippen LogP contribution in [0.1, 0.15) is 31.8 Å². The summed E-state index contributed by atoms with van der Waals surface area (Å²) < 4.78 is 22.7. The summed E-state index contributed by atoms with van der Waals surface area (Å²) in [4.78, 5) is 25.4. The van der Waals surface area contributed by atoms with Crippen molar-refractivity contribution >= 4 is 33.8 Å². The number of benzene rings is 3. The Morgan fingerprint density at radius 3 is 2.68 bits per heavy atom. The monoisotopic (exact) mass is 478 g/mol. The lowest BCUT2D eigenvalue weighted by Crippen LogP contribution is -2.09. The van der Waals surface area contributed by atoms with Gasteiger partial charge >= 0.3 is 5.97 Å². The average molecular weight is 479 g/mol. The van der Waals surface area contributed by atoms with Crippen LogP contribution in [0.5, 0.6) is 23.0 Å². The zero-order chi connectivity index (χ0) is 21.5. The van der Waals surface area contributed by atoms with Gasteiger partial charge in [0, 0.05) is 10.5 Å². The summed E-state index contributed by atoms with van der Waals surface area (Å²) in [6.45, 7) is 1.95. The Bertz CT molecular complexity index is 1280. The summed E-state index contributed by atoms with van der Waals surface area (Å²) in [6, 6.07) is 15.6. The number of esters is 1. The van der Waals surface area contributed by atoms with Gasteiger partial charge in [-0.05, 0) is 70.4 Å². The largest absolute Gasteiger partial charge is 0.454 e. The fraction of sp³-hybridized carbons (Fsp3) is 0.0833. The van der Waals surface area contributed by atoms with E-state index in [0.29, 0.717) is 44.2 Å². The first-order chi connectivity index (χ1) is 15.0. The van der Waals surface area contributed by atoms with Crippen molar-refractivity contribution in [3.05, 3.63) is 87.1 Å². The number of halogens is 1. The van der Waals surface area contributed by atoms with E-state index in [0.717, 1.165) is 5.56 Å². The van der Waals surface area contributed by atoms with Crippen LogP contribution in [0.3, 0.4) is 0 Å². The maximum absolute atomic E-state index is 12.9. The molecule has 0 unspecified atom stereocenters. The van der Waals surface area contributed by atoms with Crippen LogP contribution in [0.15, 0.2) is 64.8 Å². The van der Waals surface area contributed by atoms with Crippen LogP contribution < -0.4 is 18.9 Å². The first-order valence-electron chi connectivity index (χ1n) is 9.45. The van der Waals surface area contributed by atoms with Gasteiger partial charge in [-0.15, -0.1) is 0 Å². The number of hydrogen-bond acceptors (Lipinski definition) is 6. The summed E-state index contributed by atoms with van der Waals surface area (Å²) in [5.74, 6) is 1.39. The number of rotatable bonds is 3. The third-order valence-corrected chi connectivity index (χ3v) is 5.63. The molecule has 0 aromatic heterocycles. The van der Waals surface area contributed by atoms with E-state index >= 15 is 0 Å². The topological polar surface area (TPSA) is 71.1 Å². The molecule has 154 valence electrons. The van der Waals surface area contributed by atoms with Gasteiger partial charge in [-0.2, -0.15) is 0 Å². The Morgan fingerprint density at radius 2 is 1.84 bits per heavy atom. The van der Waals surface area contributed by atoms with E-state index in [1.54, 1.807) is 55.5 Å². The van der Waals surface area contributed by atoms with Crippen LogP contribution in [0.25, 0.3) is 6.08 Å². The molecular weight excluding hydrogens is 464 g/mol. The Balaban J connectivity index is 1.42. The molecule has 0 spiro atoms. The van der Waals surface area contributed by atoms with Gasteiger partial charge in [-0.25, -0.2) is 4.79 Å². The van der Waals surface area contributed by atoms with Crippen LogP contribution in [-0.4, -0.2) is 18.5 Å². The molecule has 0 saturated carbocycles. The minimum absolute atomic E-state index is 0.177. The summed E-state index contributed by atoms with van der Waals surface area (Å²) in [5.41, 5.74) is 2.26. The van der Waals surface area contributed by atoms with E-state index in [4.69, 9.17) is 18.9 Å². The maximum atomic E-state index is 12.9. The smallest absolute Gasteiger partial charge is 0.344 e. The molecule has 0 atom stereocenters. The van der Waals surface area contributed by atoms with Crippen LogP contribution in [0.4, 0.5) is 0 Å². The van der Waals surface area contributed by atoms with E-state index in [2.05, 4.69) is 15.9 Å². The fourth-order valence-electron chi connectivity index (χ4n) is 3.48. The van der Waals surface area contributed by atoms with Gasteiger partial charge in [0.25, 0.3) is 0 Å². The molecule has 0 fully saturated rings. The molecule has 2 aliphatic rings. The van der Waals surface area contributed by atoms with Crippen molar-refractivity contribution in [2.45, 2.75) is 6.92 Å². The average Bonchev–Trinajstić information content (AvgIpc) is 3.32. The Kier molecular flexibility index (Phi) is 4.75. The molecule has 3 aromatic carbocycles. The number of hydrogen-bond donors (Lipinski definition) is 0. The van der Waals surface area contributed by atoms with Crippen molar-refractivity contribution in [1.29, 1.82) is 0 Å². The minimum Gasteiger partial charge on any atom is -0.454 e. The van der Waals surface area contributed by atoms with Gasteiger partial charge in [0.1, 0.15) is 11.5 Å². The highest BCUT2D eigenvalue weighted by atomic mass is 79.9. The number of allylic oxidation sites excluding steroid dienone is 1. The fourth-order valence-corrected chi connectivity index (χ4v) is 3.93. The predicted molar refractivity (Wildman–Crippen MR) is 116 cm³/mol. The van der Waals surface area contributed by atoms with E-state index < -0.39 is 5.97 Å². The number of aryl methyl sites for hydroxylation is 1. The molecule has 0 amide bonds. The van der Waals surface area contributed by atoms with E-state index in [9.17, 15) is 9.59 Å². The van der Waals surface area contributed by atoms with Gasteiger partial charge in [0.15, 0.2) is 17.3 Å². The highest BCUT2D eigenvalue weighted by Gasteiger charge is 2.30. The Hall–Kier alpha value is -3.58. The summed E-state index contributed by atoms with van der Waals surface area (Å²) in [7, 11) is 0. The van der Waals surface area contributed by atoms with Crippen LogP contribution in [0.2, 0.25) is 0 Å². The molecule has 31 heavy (non-hydrogen) atoms. The highest BCUT2D eigenvalue weighted by molar-refractivity contribution is 9.10. The molecule has 6 nitrogen and oxygen atoms in total. The van der Waals surface area contributed by atoms with E-state index in [1.807, 2.05) is 12.1 Å². The Morgan fingerprint density at radius 1 is 1.03 bits per heavy atom. The lowest BCUT2D eigenvalue weighted by molar-refractivity contribution is 0.0733. The van der Waals surface area contributed by atoms with Crippen LogP contribution >= 0.6 is 15.9 Å². The van der Waals surface area contributed by atoms with Crippen molar-refractivity contribution in [2.24, 2.45) is 0 Å². The highest BCUT2D eigenvalue weighted by Crippen LogP contribution is 2.39. The SMILES string of the molecule is Cc1cc(OC(=O)c2ccccc2Br)cc2c1C(=O)/C(=C/c1ccc3c(c1)OCO3)O2. The zero-order valence-corrected chi connectivity index (χ0v) is 17.9. The van der Waals surface area contributed by atoms with Gasteiger partial charge in [0.2, 0.25) is 12.6 Å². The number of carbonyl (C=O) groups is 2. The zero-order valence-electron chi connectivity index (χ0n) is 16.3. The molecule has 0 saturated heterocycles. The second-order valence-electron chi connectivity index (χ2n) is 7.04. The van der Waals surface area contributed by atoms with Gasteiger partial charge in [0.05, 0.1) is 11.1 Å². The van der Waals surface area contributed by atoms with Crippen molar-refractivity contribution < 1.29 is 28.5 Å². The summed E-state index contributed by atoms with van der Waals surface area (Å²) in [6.07, 6.45) is 1.65. The number of ether oxygens (including phenoxy) is 4. The first-order valence-corrected chi connectivity index (χ1v) is 10.2. The minimum atomic E-state index is -0.507. The number of fused-ring (bicyclic) bond motifs is 2. The summed E-state index contributed by atoms with van der Waals surface area (Å²) in [5, 5.41) is 0. The van der Waals surface area contributed by atoms with Gasteiger partial charge in [-0.3, -0.25) is 4.79 Å². The number of Topliss-reactive ketones (excluding diaryl/α,β-unsaturated/α-hetero) is 1.